The maximum atomic E-state index is 14.2. The van der Waals surface area contributed by atoms with Gasteiger partial charge in [0, 0.05) is 10.0 Å². The van der Waals surface area contributed by atoms with Crippen molar-refractivity contribution in [3.05, 3.63) is 52.8 Å². The largest absolute Gasteiger partial charge is 0.205 e. The lowest BCUT2D eigenvalue weighted by Gasteiger charge is -2.08. The Morgan fingerprint density at radius 3 is 2.38 bits per heavy atom. The molecule has 0 radical (unpaired) electrons. The molecule has 0 atom stereocenters. The van der Waals surface area contributed by atoms with E-state index in [0.29, 0.717) is 10.5 Å². The number of hydrogen-bond donors (Lipinski definition) is 0. The van der Waals surface area contributed by atoms with Crippen LogP contribution in [-0.2, 0) is 0 Å². The van der Waals surface area contributed by atoms with Crippen molar-refractivity contribution in [2.45, 2.75) is 4.90 Å². The van der Waals surface area contributed by atoms with E-state index in [9.17, 15) is 4.39 Å². The van der Waals surface area contributed by atoms with Crippen molar-refractivity contribution in [2.75, 3.05) is 6.26 Å². The molecule has 0 amide bonds. The number of hydrogen-bond acceptors (Lipinski definition) is 1. The molecule has 2 aromatic carbocycles. The fourth-order valence-corrected chi connectivity index (χ4v) is 2.90. The van der Waals surface area contributed by atoms with Gasteiger partial charge < -0.3 is 0 Å². The van der Waals surface area contributed by atoms with Crippen LogP contribution in [0.5, 0.6) is 0 Å². The van der Waals surface area contributed by atoms with Crippen molar-refractivity contribution >= 4 is 27.7 Å². The highest BCUT2D eigenvalue weighted by Gasteiger charge is 2.12. The molecular weight excluding hydrogens is 287 g/mol. The van der Waals surface area contributed by atoms with Crippen molar-refractivity contribution in [1.82, 2.24) is 0 Å². The van der Waals surface area contributed by atoms with Gasteiger partial charge in [-0.25, -0.2) is 4.39 Å². The van der Waals surface area contributed by atoms with Crippen LogP contribution in [0.1, 0.15) is 0 Å². The normalized spacial score (nSPS) is 10.4. The Morgan fingerprint density at radius 1 is 1.06 bits per heavy atom. The summed E-state index contributed by atoms with van der Waals surface area (Å²) in [5, 5.41) is 0. The third-order valence-electron chi connectivity index (χ3n) is 2.34. The van der Waals surface area contributed by atoms with Crippen LogP contribution in [0.25, 0.3) is 11.1 Å². The zero-order valence-corrected chi connectivity index (χ0v) is 11.1. The van der Waals surface area contributed by atoms with Crippen molar-refractivity contribution in [2.24, 2.45) is 0 Å². The molecule has 2 aromatic rings. The van der Waals surface area contributed by atoms with Crippen LogP contribution in [0.2, 0.25) is 0 Å². The highest BCUT2D eigenvalue weighted by molar-refractivity contribution is 9.10. The Balaban J connectivity index is 2.59. The molecule has 2 rings (SSSR count). The summed E-state index contributed by atoms with van der Waals surface area (Å²) in [4.78, 5) is 0.654. The first kappa shape index (κ1) is 11.7. The van der Waals surface area contributed by atoms with E-state index in [1.165, 1.54) is 11.8 Å². The Morgan fingerprint density at radius 2 is 1.75 bits per heavy atom. The molecule has 0 heterocycles. The second kappa shape index (κ2) is 5.02. The molecule has 0 saturated heterocycles. The second-order valence-electron chi connectivity index (χ2n) is 3.31. The fourth-order valence-electron chi connectivity index (χ4n) is 1.56. The molecule has 0 nitrogen and oxygen atoms in total. The smallest absolute Gasteiger partial charge is 0.145 e. The van der Waals surface area contributed by atoms with Crippen molar-refractivity contribution in [3.8, 4) is 11.1 Å². The highest BCUT2D eigenvalue weighted by atomic mass is 79.9. The van der Waals surface area contributed by atoms with Gasteiger partial charge in [-0.1, -0.05) is 36.4 Å². The fraction of sp³-hybridized carbons (Fsp3) is 0.0769. The van der Waals surface area contributed by atoms with E-state index in [-0.39, 0.29) is 5.82 Å². The molecule has 16 heavy (non-hydrogen) atoms. The summed E-state index contributed by atoms with van der Waals surface area (Å²) in [5.41, 5.74) is 1.55. The lowest BCUT2D eigenvalue weighted by atomic mass is 10.1. The molecule has 0 aliphatic carbocycles. The molecule has 0 unspecified atom stereocenters. The van der Waals surface area contributed by atoms with E-state index in [1.807, 2.05) is 42.7 Å². The van der Waals surface area contributed by atoms with Crippen LogP contribution < -0.4 is 0 Å². The van der Waals surface area contributed by atoms with Crippen LogP contribution in [0.4, 0.5) is 4.39 Å². The van der Waals surface area contributed by atoms with Crippen molar-refractivity contribution in [1.29, 1.82) is 0 Å². The van der Waals surface area contributed by atoms with Gasteiger partial charge >= 0.3 is 0 Å². The minimum atomic E-state index is -0.159. The zero-order chi connectivity index (χ0) is 11.5. The monoisotopic (exact) mass is 296 g/mol. The number of halogens is 2. The summed E-state index contributed by atoms with van der Waals surface area (Å²) in [5.74, 6) is -0.159. The van der Waals surface area contributed by atoms with Crippen LogP contribution in [0.15, 0.2) is 51.8 Å². The highest BCUT2D eigenvalue weighted by Crippen LogP contribution is 2.34. The molecule has 0 aliphatic heterocycles. The average Bonchev–Trinajstić information content (AvgIpc) is 2.31. The van der Waals surface area contributed by atoms with Gasteiger partial charge in [-0.05, 0) is 33.8 Å². The number of benzene rings is 2. The maximum Gasteiger partial charge on any atom is 0.145 e. The molecular formula is C13H10BrFS. The summed E-state index contributed by atoms with van der Waals surface area (Å²) in [6.07, 6.45) is 1.87. The first-order valence-corrected chi connectivity index (χ1v) is 6.83. The van der Waals surface area contributed by atoms with Crippen LogP contribution in [0.3, 0.4) is 0 Å². The first-order chi connectivity index (χ1) is 7.74. The molecule has 0 N–H and O–H groups in total. The average molecular weight is 297 g/mol. The minimum absolute atomic E-state index is 0.159. The minimum Gasteiger partial charge on any atom is -0.205 e. The Bertz CT molecular complexity index is 497. The summed E-state index contributed by atoms with van der Waals surface area (Å²) < 4.78 is 15.0. The SMILES string of the molecule is CSc1c(Br)ccc(-c2ccccc2)c1F. The molecule has 0 aromatic heterocycles. The van der Waals surface area contributed by atoms with Gasteiger partial charge in [-0.3, -0.25) is 0 Å². The molecule has 0 bridgehead atoms. The molecule has 82 valence electrons. The summed E-state index contributed by atoms with van der Waals surface area (Å²) >= 11 is 4.76. The Kier molecular flexibility index (Phi) is 3.66. The van der Waals surface area contributed by atoms with E-state index in [2.05, 4.69) is 15.9 Å². The zero-order valence-electron chi connectivity index (χ0n) is 8.71. The lowest BCUT2D eigenvalue weighted by molar-refractivity contribution is 0.604. The predicted octanol–water partition coefficient (Wildman–Crippen LogP) is 4.98. The van der Waals surface area contributed by atoms with Gasteiger partial charge in [0.1, 0.15) is 5.82 Å². The van der Waals surface area contributed by atoms with Gasteiger partial charge in [0.25, 0.3) is 0 Å². The Labute approximate surface area is 107 Å². The molecule has 0 aliphatic rings. The van der Waals surface area contributed by atoms with Crippen LogP contribution in [-0.4, -0.2) is 6.26 Å². The summed E-state index contributed by atoms with van der Waals surface area (Å²) in [7, 11) is 0. The van der Waals surface area contributed by atoms with Crippen molar-refractivity contribution in [3.63, 3.8) is 0 Å². The molecule has 0 saturated carbocycles. The van der Waals surface area contributed by atoms with Gasteiger partial charge in [-0.2, -0.15) is 0 Å². The second-order valence-corrected chi connectivity index (χ2v) is 4.98. The van der Waals surface area contributed by atoms with E-state index >= 15 is 0 Å². The third-order valence-corrected chi connectivity index (χ3v) is 4.07. The lowest BCUT2D eigenvalue weighted by Crippen LogP contribution is -1.88. The van der Waals surface area contributed by atoms with E-state index in [4.69, 9.17) is 0 Å². The predicted molar refractivity (Wildman–Crippen MR) is 71.3 cm³/mol. The molecule has 3 heteroatoms. The number of thioether (sulfide) groups is 1. The molecule has 0 spiro atoms. The summed E-state index contributed by atoms with van der Waals surface area (Å²) in [6.45, 7) is 0. The third kappa shape index (κ3) is 2.15. The van der Waals surface area contributed by atoms with Crippen LogP contribution in [0, 0.1) is 5.82 Å². The van der Waals surface area contributed by atoms with Gasteiger partial charge in [0.05, 0.1) is 4.90 Å². The quantitative estimate of drug-likeness (QED) is 0.705. The van der Waals surface area contributed by atoms with Gasteiger partial charge in [-0.15, -0.1) is 11.8 Å². The topological polar surface area (TPSA) is 0 Å². The van der Waals surface area contributed by atoms with Crippen LogP contribution >= 0.6 is 27.7 Å². The Hall–Kier alpha value is -0.800. The van der Waals surface area contributed by atoms with E-state index in [1.54, 1.807) is 6.07 Å². The van der Waals surface area contributed by atoms with Crippen molar-refractivity contribution < 1.29 is 4.39 Å². The van der Waals surface area contributed by atoms with E-state index in [0.717, 1.165) is 10.0 Å². The number of rotatable bonds is 2. The van der Waals surface area contributed by atoms with Gasteiger partial charge in [0.15, 0.2) is 0 Å². The van der Waals surface area contributed by atoms with E-state index < -0.39 is 0 Å². The standard InChI is InChI=1S/C13H10BrFS/c1-16-13-11(14)8-7-10(12(13)15)9-5-3-2-4-6-9/h2-8H,1H3. The molecule has 0 fully saturated rings. The van der Waals surface area contributed by atoms with Gasteiger partial charge in [0.2, 0.25) is 0 Å². The summed E-state index contributed by atoms with van der Waals surface area (Å²) in [6, 6.07) is 13.3. The first-order valence-electron chi connectivity index (χ1n) is 4.81. The maximum absolute atomic E-state index is 14.2.